The predicted molar refractivity (Wildman–Crippen MR) is 72.9 cm³/mol. The summed E-state index contributed by atoms with van der Waals surface area (Å²) in [5.74, 6) is 0.112. The Kier molecular flexibility index (Phi) is 3.12. The maximum Gasteiger partial charge on any atom is 0.271 e. The quantitative estimate of drug-likeness (QED) is 0.645. The number of nitrogens with zero attached hydrogens (tertiary/aromatic N) is 2. The summed E-state index contributed by atoms with van der Waals surface area (Å²) < 4.78 is 2.96. The lowest BCUT2D eigenvalue weighted by atomic mass is 10.3. The summed E-state index contributed by atoms with van der Waals surface area (Å²) in [7, 11) is 0. The maximum atomic E-state index is 11.7. The van der Waals surface area contributed by atoms with Crippen LogP contribution in [0.25, 0.3) is 10.3 Å². The molecule has 0 unspecified atom stereocenters. The number of nitrogens with two attached hydrogens (primary N) is 1. The first-order chi connectivity index (χ1) is 7.99. The van der Waals surface area contributed by atoms with E-state index in [2.05, 4.69) is 9.97 Å². The third-order valence-corrected chi connectivity index (χ3v) is 3.66. The molecule has 17 heavy (non-hydrogen) atoms. The van der Waals surface area contributed by atoms with E-state index in [1.54, 1.807) is 0 Å². The van der Waals surface area contributed by atoms with Gasteiger partial charge in [-0.05, 0) is 26.1 Å². The normalized spacial score (nSPS) is 10.7. The molecule has 0 aromatic carbocycles. The Labute approximate surface area is 107 Å². The molecule has 0 saturated heterocycles. The molecule has 2 heterocycles. The largest absolute Gasteiger partial charge is 0.369 e. The second-order valence-corrected chi connectivity index (χ2v) is 5.51. The number of fused-ring (bicyclic) bond motifs is 1. The second kappa shape index (κ2) is 4.42. The van der Waals surface area contributed by atoms with Crippen LogP contribution < -0.4 is 11.3 Å². The number of nitrogen functional groups attached to an aromatic ring is 1. The van der Waals surface area contributed by atoms with Gasteiger partial charge in [0.1, 0.15) is 4.70 Å². The van der Waals surface area contributed by atoms with Gasteiger partial charge in [-0.3, -0.25) is 9.78 Å². The van der Waals surface area contributed by atoms with Crippen LogP contribution in [0, 0.1) is 3.95 Å². The van der Waals surface area contributed by atoms with E-state index in [4.69, 9.17) is 18.0 Å². The van der Waals surface area contributed by atoms with Crippen LogP contribution in [-0.4, -0.2) is 14.5 Å². The molecule has 3 N–H and O–H groups in total. The second-order valence-electron chi connectivity index (χ2n) is 3.86. The van der Waals surface area contributed by atoms with E-state index in [9.17, 15) is 4.79 Å². The van der Waals surface area contributed by atoms with Gasteiger partial charge in [0.15, 0.2) is 9.60 Å². The summed E-state index contributed by atoms with van der Waals surface area (Å²) in [6, 6.07) is 0. The van der Waals surface area contributed by atoms with Crippen molar-refractivity contribution in [2.45, 2.75) is 20.4 Å². The van der Waals surface area contributed by atoms with E-state index in [-0.39, 0.29) is 11.5 Å². The lowest BCUT2D eigenvalue weighted by molar-refractivity contribution is 0.837. The van der Waals surface area contributed by atoms with Gasteiger partial charge in [-0.25, -0.2) is 0 Å². The summed E-state index contributed by atoms with van der Waals surface area (Å²) >= 11 is 6.48. The highest BCUT2D eigenvalue weighted by Gasteiger charge is 2.09. The van der Waals surface area contributed by atoms with Gasteiger partial charge in [-0.1, -0.05) is 23.0 Å². The SMILES string of the molecule is CC(C)=CCn1c(=S)sc2c(=O)[nH]c(N)nc21. The number of aromatic nitrogens is 3. The molecule has 0 saturated carbocycles. The minimum Gasteiger partial charge on any atom is -0.369 e. The van der Waals surface area contributed by atoms with Crippen molar-refractivity contribution in [2.24, 2.45) is 0 Å². The zero-order valence-electron chi connectivity index (χ0n) is 9.48. The lowest BCUT2D eigenvalue weighted by Gasteiger charge is -2.00. The zero-order chi connectivity index (χ0) is 12.6. The monoisotopic (exact) mass is 268 g/mol. The highest BCUT2D eigenvalue weighted by Crippen LogP contribution is 2.18. The average molecular weight is 268 g/mol. The fraction of sp³-hybridized carbons (Fsp3) is 0.300. The van der Waals surface area contributed by atoms with E-state index in [1.165, 1.54) is 16.9 Å². The van der Waals surface area contributed by atoms with E-state index < -0.39 is 0 Å². The number of rotatable bonds is 2. The minimum atomic E-state index is -0.237. The summed E-state index contributed by atoms with van der Waals surface area (Å²) in [6.07, 6.45) is 2.03. The number of anilines is 1. The summed E-state index contributed by atoms with van der Waals surface area (Å²) in [5.41, 5.74) is 7.04. The molecule has 0 aliphatic carbocycles. The summed E-state index contributed by atoms with van der Waals surface area (Å²) in [5, 5.41) is 0. The molecule has 0 atom stereocenters. The van der Waals surface area contributed by atoms with E-state index in [1.807, 2.05) is 24.5 Å². The molecule has 0 spiro atoms. The van der Waals surface area contributed by atoms with Crippen molar-refractivity contribution in [1.29, 1.82) is 0 Å². The molecule has 0 fully saturated rings. The van der Waals surface area contributed by atoms with Gasteiger partial charge in [0.2, 0.25) is 5.95 Å². The van der Waals surface area contributed by atoms with Crippen molar-refractivity contribution in [1.82, 2.24) is 14.5 Å². The minimum absolute atomic E-state index is 0.112. The Bertz CT molecular complexity index is 703. The molecule has 0 radical (unpaired) electrons. The first kappa shape index (κ1) is 12.0. The number of thiazole rings is 1. The average Bonchev–Trinajstić information content (AvgIpc) is 2.52. The third kappa shape index (κ3) is 2.29. The van der Waals surface area contributed by atoms with Crippen LogP contribution in [0.2, 0.25) is 0 Å². The van der Waals surface area contributed by atoms with Crippen molar-refractivity contribution < 1.29 is 0 Å². The maximum absolute atomic E-state index is 11.7. The number of H-pyrrole nitrogens is 1. The van der Waals surface area contributed by atoms with Gasteiger partial charge in [0, 0.05) is 6.54 Å². The molecule has 2 aromatic rings. The smallest absolute Gasteiger partial charge is 0.271 e. The van der Waals surface area contributed by atoms with Crippen molar-refractivity contribution in [3.8, 4) is 0 Å². The van der Waals surface area contributed by atoms with Crippen LogP contribution in [0.3, 0.4) is 0 Å². The zero-order valence-corrected chi connectivity index (χ0v) is 11.1. The standard InChI is InChI=1S/C10H12N4OS2/c1-5(2)3-4-14-7-6(17-10(14)16)8(15)13-9(11)12-7/h3H,4H2,1-2H3,(H3,11,12,13,15). The van der Waals surface area contributed by atoms with Gasteiger partial charge in [-0.2, -0.15) is 4.98 Å². The Morgan fingerprint density at radius 2 is 2.35 bits per heavy atom. The molecular weight excluding hydrogens is 256 g/mol. The van der Waals surface area contributed by atoms with Gasteiger partial charge < -0.3 is 10.3 Å². The van der Waals surface area contributed by atoms with E-state index in [0.717, 1.165) is 0 Å². The first-order valence-electron chi connectivity index (χ1n) is 5.01. The van der Waals surface area contributed by atoms with Crippen molar-refractivity contribution in [3.05, 3.63) is 26.0 Å². The van der Waals surface area contributed by atoms with Crippen LogP contribution in [0.5, 0.6) is 0 Å². The predicted octanol–water partition coefficient (Wildman–Crippen LogP) is 2.06. The van der Waals surface area contributed by atoms with Crippen molar-refractivity contribution in [2.75, 3.05) is 5.73 Å². The highest BCUT2D eigenvalue weighted by molar-refractivity contribution is 7.73. The Morgan fingerprint density at radius 3 is 3.00 bits per heavy atom. The molecular formula is C10H12N4OS2. The number of hydrogen-bond acceptors (Lipinski definition) is 5. The molecule has 7 heteroatoms. The topological polar surface area (TPSA) is 76.7 Å². The lowest BCUT2D eigenvalue weighted by Crippen LogP contribution is -2.11. The number of nitrogens with one attached hydrogen (secondary N) is 1. The molecule has 0 aliphatic heterocycles. The molecule has 2 rings (SSSR count). The molecule has 0 aliphatic rings. The Hall–Kier alpha value is -1.47. The number of aromatic amines is 1. The van der Waals surface area contributed by atoms with Gasteiger partial charge >= 0.3 is 0 Å². The third-order valence-electron chi connectivity index (χ3n) is 2.22. The Morgan fingerprint density at radius 1 is 1.65 bits per heavy atom. The number of hydrogen-bond donors (Lipinski definition) is 2. The van der Waals surface area contributed by atoms with Gasteiger partial charge in [0.05, 0.1) is 0 Å². The molecule has 2 aromatic heterocycles. The number of allylic oxidation sites excluding steroid dienone is 2. The Balaban J connectivity index is 2.71. The molecule has 5 nitrogen and oxygen atoms in total. The first-order valence-corrected chi connectivity index (χ1v) is 6.24. The van der Waals surface area contributed by atoms with Crippen LogP contribution in [0.15, 0.2) is 16.4 Å². The summed E-state index contributed by atoms with van der Waals surface area (Å²) in [6.45, 7) is 4.62. The van der Waals surface area contributed by atoms with Crippen LogP contribution in [0.4, 0.5) is 5.95 Å². The molecule has 90 valence electrons. The fourth-order valence-electron chi connectivity index (χ4n) is 1.41. The molecule has 0 bridgehead atoms. The fourth-order valence-corrected chi connectivity index (χ4v) is 2.65. The van der Waals surface area contributed by atoms with Gasteiger partial charge in [0.25, 0.3) is 5.56 Å². The van der Waals surface area contributed by atoms with Crippen molar-refractivity contribution in [3.63, 3.8) is 0 Å². The van der Waals surface area contributed by atoms with Crippen molar-refractivity contribution >= 4 is 39.9 Å². The van der Waals surface area contributed by atoms with E-state index in [0.29, 0.717) is 20.8 Å². The van der Waals surface area contributed by atoms with Crippen LogP contribution in [0.1, 0.15) is 13.8 Å². The van der Waals surface area contributed by atoms with E-state index >= 15 is 0 Å². The summed E-state index contributed by atoms with van der Waals surface area (Å²) in [4.78, 5) is 18.3. The van der Waals surface area contributed by atoms with Crippen LogP contribution in [-0.2, 0) is 6.54 Å². The van der Waals surface area contributed by atoms with Gasteiger partial charge in [-0.15, -0.1) is 0 Å². The highest BCUT2D eigenvalue weighted by atomic mass is 32.1. The van der Waals surface area contributed by atoms with Crippen LogP contribution >= 0.6 is 23.6 Å². The molecule has 0 amide bonds.